The SMILES string of the molecule is C[C@H](CC[C@@H](O)[C@@H](CO)COS(=O)(=O)[O-])C1CCC2C3C(C[C@H](O)[C@@]21C)[C@@]1(C)CC[C@@H](O)C[C@H]1C[C@H]3O.[Na+]. The number of aliphatic hydroxyl groups excluding tert-OH is 5. The van der Waals surface area contributed by atoms with Crippen molar-refractivity contribution in [1.29, 1.82) is 0 Å². The molecule has 4 fully saturated rings. The number of rotatable bonds is 9. The van der Waals surface area contributed by atoms with Crippen LogP contribution in [0.15, 0.2) is 0 Å². The smallest absolute Gasteiger partial charge is 0.726 e. The van der Waals surface area contributed by atoms with Crippen molar-refractivity contribution in [2.24, 2.45) is 52.3 Å². The molecule has 0 radical (unpaired) electrons. The van der Waals surface area contributed by atoms with E-state index in [2.05, 4.69) is 25.0 Å². The molecule has 0 bridgehead atoms. The van der Waals surface area contributed by atoms with E-state index in [0.29, 0.717) is 25.7 Å². The minimum absolute atomic E-state index is 0. The molecule has 0 saturated heterocycles. The predicted molar refractivity (Wildman–Crippen MR) is 135 cm³/mol. The summed E-state index contributed by atoms with van der Waals surface area (Å²) in [6.45, 7) is 5.56. The van der Waals surface area contributed by atoms with E-state index in [0.717, 1.165) is 32.1 Å². The van der Waals surface area contributed by atoms with Gasteiger partial charge in [0.15, 0.2) is 0 Å². The molecule has 5 N–H and O–H groups in total. The number of aliphatic hydroxyl groups is 5. The van der Waals surface area contributed by atoms with Gasteiger partial charge in [-0.25, -0.2) is 8.42 Å². The Hall–Kier alpha value is 0.670. The maximum atomic E-state index is 11.7. The van der Waals surface area contributed by atoms with Gasteiger partial charge in [-0.3, -0.25) is 4.18 Å². The van der Waals surface area contributed by atoms with E-state index in [9.17, 15) is 38.5 Å². The van der Waals surface area contributed by atoms with Gasteiger partial charge in [-0.15, -0.1) is 0 Å². The average Bonchev–Trinajstić information content (AvgIpc) is 3.17. The fourth-order valence-electron chi connectivity index (χ4n) is 9.46. The standard InChI is InChI=1S/C27H48O9S.Na/c1-15(4-7-22(30)16(13-28)14-36-37(33,34)35)19-5-6-20-25-21(12-24(32)27(19,20)3)26(2)9-8-18(29)10-17(26)11-23(25)31;/h15-25,28-32H,4-14H2,1-3H3,(H,33,34,35);/q;+1/p-1/t15-,16+,17+,18-,19?,20?,21?,22-,23-,24+,25?,26+,27-;/m1./s1. The normalized spacial score (nSPS) is 45.2. The van der Waals surface area contributed by atoms with Crippen LogP contribution in [0, 0.1) is 52.3 Å². The molecular formula is C27H47NaO9S. The van der Waals surface area contributed by atoms with Crippen molar-refractivity contribution in [3.8, 4) is 0 Å². The van der Waals surface area contributed by atoms with Gasteiger partial charge in [-0.2, -0.15) is 0 Å². The molecule has 4 aliphatic carbocycles. The van der Waals surface area contributed by atoms with Crippen LogP contribution in [0.4, 0.5) is 0 Å². The quantitative estimate of drug-likeness (QED) is 0.130. The van der Waals surface area contributed by atoms with Crippen molar-refractivity contribution >= 4 is 10.4 Å². The van der Waals surface area contributed by atoms with Crippen LogP contribution in [0.3, 0.4) is 0 Å². The summed E-state index contributed by atoms with van der Waals surface area (Å²) >= 11 is 0. The Morgan fingerprint density at radius 2 is 1.71 bits per heavy atom. The van der Waals surface area contributed by atoms with Gasteiger partial charge >= 0.3 is 29.6 Å². The molecular weight excluding hydrogens is 523 g/mol. The van der Waals surface area contributed by atoms with E-state index in [1.165, 1.54) is 0 Å². The van der Waals surface area contributed by atoms with Crippen LogP contribution in [-0.2, 0) is 14.6 Å². The molecule has 0 aromatic carbocycles. The molecule has 0 amide bonds. The zero-order valence-electron chi connectivity index (χ0n) is 23.4. The van der Waals surface area contributed by atoms with Crippen LogP contribution < -0.4 is 29.6 Å². The fraction of sp³-hybridized carbons (Fsp3) is 1.00. The van der Waals surface area contributed by atoms with Crippen molar-refractivity contribution in [1.82, 2.24) is 0 Å². The first-order valence-electron chi connectivity index (χ1n) is 14.2. The van der Waals surface area contributed by atoms with Gasteiger partial charge in [-0.05, 0) is 104 Å². The fourth-order valence-corrected chi connectivity index (χ4v) is 9.80. The van der Waals surface area contributed by atoms with E-state index in [1.807, 2.05) is 0 Å². The van der Waals surface area contributed by atoms with Crippen LogP contribution in [0.2, 0.25) is 0 Å². The molecule has 0 heterocycles. The molecule has 11 heteroatoms. The Labute approximate surface area is 250 Å². The Kier molecular flexibility index (Phi) is 10.9. The predicted octanol–water partition coefficient (Wildman–Crippen LogP) is -1.19. The second-order valence-electron chi connectivity index (χ2n) is 13.3. The monoisotopic (exact) mass is 570 g/mol. The maximum Gasteiger partial charge on any atom is 1.00 e. The van der Waals surface area contributed by atoms with Gasteiger partial charge in [0.05, 0.1) is 37.6 Å². The third-order valence-electron chi connectivity index (χ3n) is 11.6. The largest absolute Gasteiger partial charge is 1.00 e. The molecule has 4 rings (SSSR count). The zero-order valence-corrected chi connectivity index (χ0v) is 26.2. The van der Waals surface area contributed by atoms with Gasteiger partial charge in [0.2, 0.25) is 10.4 Å². The molecule has 13 atom stereocenters. The first-order chi connectivity index (χ1) is 17.2. The summed E-state index contributed by atoms with van der Waals surface area (Å²) in [6.07, 6.45) is 4.42. The van der Waals surface area contributed by atoms with Crippen molar-refractivity contribution < 1.29 is 72.2 Å². The minimum Gasteiger partial charge on any atom is -0.726 e. The van der Waals surface area contributed by atoms with Crippen molar-refractivity contribution in [3.63, 3.8) is 0 Å². The van der Waals surface area contributed by atoms with Gasteiger partial charge in [-0.1, -0.05) is 20.8 Å². The summed E-state index contributed by atoms with van der Waals surface area (Å²) < 4.78 is 36.5. The molecule has 0 aliphatic heterocycles. The van der Waals surface area contributed by atoms with Crippen LogP contribution in [0.5, 0.6) is 0 Å². The minimum atomic E-state index is -4.90. The first kappa shape index (κ1) is 33.2. The molecule has 4 aliphatic rings. The molecule has 4 unspecified atom stereocenters. The Morgan fingerprint density at radius 3 is 2.34 bits per heavy atom. The second kappa shape index (κ2) is 12.5. The molecule has 9 nitrogen and oxygen atoms in total. The van der Waals surface area contributed by atoms with Crippen molar-refractivity contribution in [3.05, 3.63) is 0 Å². The molecule has 216 valence electrons. The molecule has 38 heavy (non-hydrogen) atoms. The van der Waals surface area contributed by atoms with Gasteiger partial charge in [0, 0.05) is 5.92 Å². The van der Waals surface area contributed by atoms with Crippen LogP contribution in [-0.4, -0.2) is 76.1 Å². The zero-order chi connectivity index (χ0) is 27.3. The molecule has 0 aromatic heterocycles. The Bertz CT molecular complexity index is 905. The van der Waals surface area contributed by atoms with E-state index < -0.39 is 47.8 Å². The summed E-state index contributed by atoms with van der Waals surface area (Å²) in [5.41, 5.74) is -0.321. The Balaban J connectivity index is 0.00000400. The topological polar surface area (TPSA) is 168 Å². The van der Waals surface area contributed by atoms with E-state index in [1.54, 1.807) is 0 Å². The van der Waals surface area contributed by atoms with E-state index in [-0.39, 0.29) is 82.0 Å². The first-order valence-corrected chi connectivity index (χ1v) is 15.5. The van der Waals surface area contributed by atoms with Gasteiger partial charge in [0.1, 0.15) is 0 Å². The van der Waals surface area contributed by atoms with Gasteiger partial charge in [0.25, 0.3) is 0 Å². The van der Waals surface area contributed by atoms with Crippen LogP contribution in [0.1, 0.15) is 78.6 Å². The van der Waals surface area contributed by atoms with Crippen molar-refractivity contribution in [2.75, 3.05) is 13.2 Å². The number of fused-ring (bicyclic) bond motifs is 5. The van der Waals surface area contributed by atoms with E-state index >= 15 is 0 Å². The maximum absolute atomic E-state index is 11.7. The van der Waals surface area contributed by atoms with Crippen molar-refractivity contribution in [2.45, 2.75) is 103 Å². The number of hydrogen-bond donors (Lipinski definition) is 5. The third-order valence-corrected chi connectivity index (χ3v) is 12.1. The number of hydrogen-bond acceptors (Lipinski definition) is 9. The molecule has 0 aromatic rings. The summed E-state index contributed by atoms with van der Waals surface area (Å²) in [5, 5.41) is 53.4. The summed E-state index contributed by atoms with van der Waals surface area (Å²) in [4.78, 5) is 0. The molecule has 0 spiro atoms. The van der Waals surface area contributed by atoms with Crippen LogP contribution >= 0.6 is 0 Å². The summed E-state index contributed by atoms with van der Waals surface area (Å²) in [5.74, 6) is 0.355. The summed E-state index contributed by atoms with van der Waals surface area (Å²) in [7, 11) is -4.90. The second-order valence-corrected chi connectivity index (χ2v) is 14.3. The average molecular weight is 571 g/mol. The van der Waals surface area contributed by atoms with Gasteiger partial charge < -0.3 is 30.1 Å². The Morgan fingerprint density at radius 1 is 1.03 bits per heavy atom. The van der Waals surface area contributed by atoms with Crippen LogP contribution in [0.25, 0.3) is 0 Å². The summed E-state index contributed by atoms with van der Waals surface area (Å²) in [6, 6.07) is 0. The molecule has 4 saturated carbocycles. The van der Waals surface area contributed by atoms with E-state index in [4.69, 9.17) is 0 Å². The third kappa shape index (κ3) is 6.21.